The minimum absolute atomic E-state index is 0.184. The van der Waals surface area contributed by atoms with Crippen LogP contribution in [0.15, 0.2) is 24.3 Å². The third kappa shape index (κ3) is 3.26. The molecule has 0 bridgehead atoms. The van der Waals surface area contributed by atoms with Gasteiger partial charge in [-0.2, -0.15) is 0 Å². The summed E-state index contributed by atoms with van der Waals surface area (Å²) in [4.78, 5) is 11.6. The molecular weight excluding hydrogens is 339 g/mol. The zero-order valence-corrected chi connectivity index (χ0v) is 12.7. The Bertz CT molecular complexity index is 485. The third-order valence-corrected chi connectivity index (χ3v) is 6.44. The predicted octanol–water partition coefficient (Wildman–Crippen LogP) is 4.38. The maximum absolute atomic E-state index is 11.6. The molecule has 0 N–H and O–H groups in total. The molecule has 0 saturated heterocycles. The molecule has 2 rings (SSSR count). The van der Waals surface area contributed by atoms with Gasteiger partial charge in [0.1, 0.15) is 0 Å². The van der Waals surface area contributed by atoms with Crippen molar-refractivity contribution in [3.8, 4) is 9.85 Å². The van der Waals surface area contributed by atoms with Gasteiger partial charge in [-0.25, -0.2) is 0 Å². The van der Waals surface area contributed by atoms with Crippen LogP contribution in [0.3, 0.4) is 0 Å². The molecule has 0 spiro atoms. The summed E-state index contributed by atoms with van der Waals surface area (Å²) in [5.74, 6) is 3.01. The van der Waals surface area contributed by atoms with E-state index in [2.05, 4.69) is 16.8 Å². The van der Waals surface area contributed by atoms with E-state index in [9.17, 15) is 4.79 Å². The Hall–Kier alpha value is -1.02. The molecule has 2 nitrogen and oxygen atoms in total. The number of hydrogen-bond acceptors (Lipinski definition) is 2. The molecule has 0 atom stereocenters. The summed E-state index contributed by atoms with van der Waals surface area (Å²) in [6.07, 6.45) is 5.85. The van der Waals surface area contributed by atoms with E-state index in [1.54, 1.807) is 0 Å². The Morgan fingerprint density at radius 2 is 2.06 bits per heavy atom. The summed E-state index contributed by atoms with van der Waals surface area (Å²) >= 11 is -1.99. The van der Waals surface area contributed by atoms with Crippen molar-refractivity contribution in [3.63, 3.8) is 0 Å². The molecule has 0 fully saturated rings. The second kappa shape index (κ2) is 6.79. The van der Waals surface area contributed by atoms with E-state index in [4.69, 9.17) is 3.07 Å². The van der Waals surface area contributed by atoms with Crippen LogP contribution in [0.2, 0.25) is 0 Å². The van der Waals surface area contributed by atoms with E-state index in [-0.39, 0.29) is 5.97 Å². The van der Waals surface area contributed by atoms with E-state index in [1.165, 1.54) is 19.3 Å². The molecule has 1 aromatic carbocycles. The summed E-state index contributed by atoms with van der Waals surface area (Å²) in [7, 11) is 0. The van der Waals surface area contributed by atoms with Gasteiger partial charge in [0, 0.05) is 0 Å². The van der Waals surface area contributed by atoms with Gasteiger partial charge in [0.2, 0.25) is 0 Å². The SMILES string of the molecule is CCCCCCC#CI1OC(=O)c2ccccc21. The Morgan fingerprint density at radius 3 is 2.89 bits per heavy atom. The topological polar surface area (TPSA) is 26.3 Å². The van der Waals surface area contributed by atoms with Crippen LogP contribution in [0.4, 0.5) is 0 Å². The second-order valence-electron chi connectivity index (χ2n) is 4.18. The molecule has 0 saturated carbocycles. The quantitative estimate of drug-likeness (QED) is 0.455. The Labute approximate surface area is 116 Å². The molecule has 0 aromatic heterocycles. The van der Waals surface area contributed by atoms with Crippen molar-refractivity contribution < 1.29 is 7.86 Å². The fourth-order valence-corrected chi connectivity index (χ4v) is 5.10. The standard InChI is InChI=1S/C15H17IO2/c1-2-3-4-5-6-9-12-16-14-11-8-7-10-13(14)15(17)18-16/h7-8,10-11H,2-6H2,1H3. The van der Waals surface area contributed by atoms with E-state index in [0.29, 0.717) is 0 Å². The molecule has 0 radical (unpaired) electrons. The van der Waals surface area contributed by atoms with E-state index in [1.807, 2.05) is 24.3 Å². The first-order valence-corrected chi connectivity index (χ1v) is 9.37. The molecule has 0 unspecified atom stereocenters. The molecule has 1 aliphatic heterocycles. The number of fused-ring (bicyclic) bond motifs is 1. The molecule has 3 heteroatoms. The number of carbonyl (C=O) groups excluding carboxylic acids is 1. The van der Waals surface area contributed by atoms with Crippen molar-refractivity contribution in [2.24, 2.45) is 0 Å². The zero-order chi connectivity index (χ0) is 12.8. The van der Waals surface area contributed by atoms with Crippen LogP contribution in [-0.2, 0) is 3.07 Å². The van der Waals surface area contributed by atoms with Crippen molar-refractivity contribution >= 4 is 26.2 Å². The van der Waals surface area contributed by atoms with Crippen molar-refractivity contribution in [2.45, 2.75) is 39.0 Å². The van der Waals surface area contributed by atoms with Crippen LogP contribution >= 0.6 is 20.2 Å². The van der Waals surface area contributed by atoms with Crippen molar-refractivity contribution in [2.75, 3.05) is 0 Å². The summed E-state index contributed by atoms with van der Waals surface area (Å²) < 4.78 is 9.68. The summed E-state index contributed by atoms with van der Waals surface area (Å²) in [5, 5.41) is 0. The molecule has 18 heavy (non-hydrogen) atoms. The van der Waals surface area contributed by atoms with Gasteiger partial charge < -0.3 is 0 Å². The van der Waals surface area contributed by atoms with Crippen molar-refractivity contribution in [3.05, 3.63) is 33.4 Å². The fourth-order valence-electron chi connectivity index (χ4n) is 1.75. The van der Waals surface area contributed by atoms with Crippen LogP contribution in [0.25, 0.3) is 0 Å². The van der Waals surface area contributed by atoms with Gasteiger partial charge >= 0.3 is 116 Å². The zero-order valence-electron chi connectivity index (χ0n) is 10.5. The first-order valence-electron chi connectivity index (χ1n) is 6.33. The number of benzene rings is 1. The molecular formula is C15H17IO2. The number of carbonyl (C=O) groups is 1. The predicted molar refractivity (Wildman–Crippen MR) is 81.1 cm³/mol. The number of unbranched alkanes of at least 4 members (excludes halogenated alkanes) is 4. The monoisotopic (exact) mass is 356 g/mol. The van der Waals surface area contributed by atoms with Crippen LogP contribution in [0, 0.1) is 13.4 Å². The van der Waals surface area contributed by atoms with Gasteiger partial charge in [0.05, 0.1) is 0 Å². The molecule has 0 amide bonds. The molecule has 1 heterocycles. The Balaban J connectivity index is 1.92. The van der Waals surface area contributed by atoms with Gasteiger partial charge in [-0.15, -0.1) is 0 Å². The normalized spacial score (nSPS) is 14.7. The average Bonchev–Trinajstić information content (AvgIpc) is 2.71. The van der Waals surface area contributed by atoms with Crippen LogP contribution in [0.5, 0.6) is 0 Å². The Kier molecular flexibility index (Phi) is 5.06. The first kappa shape index (κ1) is 13.4. The summed E-state index contributed by atoms with van der Waals surface area (Å²) in [6.45, 7) is 2.20. The van der Waals surface area contributed by atoms with E-state index >= 15 is 0 Å². The molecule has 0 aliphatic carbocycles. The number of hydrogen-bond donors (Lipinski definition) is 0. The third-order valence-electron chi connectivity index (χ3n) is 2.73. The van der Waals surface area contributed by atoms with Crippen molar-refractivity contribution in [1.82, 2.24) is 0 Å². The fraction of sp³-hybridized carbons (Fsp3) is 0.400. The average molecular weight is 356 g/mol. The second-order valence-corrected chi connectivity index (χ2v) is 7.74. The van der Waals surface area contributed by atoms with Gasteiger partial charge in [0.25, 0.3) is 0 Å². The van der Waals surface area contributed by atoms with Crippen LogP contribution in [-0.4, -0.2) is 5.97 Å². The maximum atomic E-state index is 11.6. The van der Waals surface area contributed by atoms with Crippen LogP contribution in [0.1, 0.15) is 49.4 Å². The van der Waals surface area contributed by atoms with E-state index < -0.39 is 20.2 Å². The minimum atomic E-state index is -1.99. The van der Waals surface area contributed by atoms with E-state index in [0.717, 1.165) is 22.0 Å². The summed E-state index contributed by atoms with van der Waals surface area (Å²) in [6, 6.07) is 7.64. The van der Waals surface area contributed by atoms with Crippen LogP contribution < -0.4 is 0 Å². The molecule has 1 aliphatic rings. The summed E-state index contributed by atoms with van der Waals surface area (Å²) in [5.41, 5.74) is 0.725. The van der Waals surface area contributed by atoms with Gasteiger partial charge in [-0.1, -0.05) is 0 Å². The first-order chi connectivity index (χ1) is 8.83. The van der Waals surface area contributed by atoms with Gasteiger partial charge in [-0.05, 0) is 0 Å². The number of rotatable bonds is 4. The van der Waals surface area contributed by atoms with Crippen molar-refractivity contribution in [1.29, 1.82) is 0 Å². The molecule has 1 aromatic rings. The van der Waals surface area contributed by atoms with Gasteiger partial charge in [0.15, 0.2) is 0 Å². The number of halogens is 1. The van der Waals surface area contributed by atoms with Gasteiger partial charge in [-0.3, -0.25) is 0 Å². The molecule has 96 valence electrons. The Morgan fingerprint density at radius 1 is 1.22 bits per heavy atom.